The first-order valence-electron chi connectivity index (χ1n) is 9.12. The summed E-state index contributed by atoms with van der Waals surface area (Å²) in [7, 11) is 0. The second-order valence-corrected chi connectivity index (χ2v) is 8.42. The molecule has 0 spiro atoms. The van der Waals surface area contributed by atoms with Crippen molar-refractivity contribution < 1.29 is 9.53 Å². The molecule has 0 fully saturated rings. The zero-order chi connectivity index (χ0) is 18.1. The van der Waals surface area contributed by atoms with Gasteiger partial charge in [-0.25, -0.2) is 0 Å². The number of ether oxygens (including phenoxy) is 1. The molecule has 0 radical (unpaired) electrons. The highest BCUT2D eigenvalue weighted by Gasteiger charge is 2.37. The molecule has 0 aromatic heterocycles. The maximum atomic E-state index is 11.2. The van der Waals surface area contributed by atoms with E-state index in [0.717, 1.165) is 36.0 Å². The summed E-state index contributed by atoms with van der Waals surface area (Å²) in [5.41, 5.74) is 5.14. The maximum Gasteiger partial charge on any atom is 0.124 e. The molecule has 0 unspecified atom stereocenters. The molecule has 0 saturated heterocycles. The van der Waals surface area contributed by atoms with E-state index in [-0.39, 0.29) is 10.8 Å². The van der Waals surface area contributed by atoms with Crippen LogP contribution in [0.1, 0.15) is 62.8 Å². The van der Waals surface area contributed by atoms with E-state index in [2.05, 4.69) is 52.0 Å². The highest BCUT2D eigenvalue weighted by molar-refractivity contribution is 5.60. The van der Waals surface area contributed by atoms with Crippen molar-refractivity contribution in [3.8, 4) is 5.75 Å². The van der Waals surface area contributed by atoms with E-state index in [1.54, 1.807) is 0 Å². The van der Waals surface area contributed by atoms with Crippen LogP contribution in [-0.2, 0) is 28.7 Å². The Balaban J connectivity index is 2.01. The van der Waals surface area contributed by atoms with E-state index in [1.165, 1.54) is 11.1 Å². The van der Waals surface area contributed by atoms with Gasteiger partial charge in [0, 0.05) is 12.0 Å². The summed E-state index contributed by atoms with van der Waals surface area (Å²) in [6.45, 7) is 9.74. The van der Waals surface area contributed by atoms with Crippen LogP contribution < -0.4 is 4.74 Å². The molecule has 0 atom stereocenters. The average molecular weight is 336 g/mol. The molecule has 1 aliphatic carbocycles. The third-order valence-electron chi connectivity index (χ3n) is 5.57. The number of carbonyl (C=O) groups excluding carboxylic acids is 1. The molecule has 132 valence electrons. The Labute approximate surface area is 151 Å². The summed E-state index contributed by atoms with van der Waals surface area (Å²) in [4.78, 5) is 11.2. The summed E-state index contributed by atoms with van der Waals surface area (Å²) in [5.74, 6) is 0.848. The Morgan fingerprint density at radius 1 is 0.960 bits per heavy atom. The Kier molecular flexibility index (Phi) is 4.73. The Hall–Kier alpha value is -2.09. The molecule has 0 bridgehead atoms. The van der Waals surface area contributed by atoms with Crippen molar-refractivity contribution in [3.63, 3.8) is 0 Å². The second-order valence-electron chi connectivity index (χ2n) is 8.42. The Morgan fingerprint density at radius 2 is 1.56 bits per heavy atom. The van der Waals surface area contributed by atoms with Crippen LogP contribution in [0.25, 0.3) is 0 Å². The monoisotopic (exact) mass is 336 g/mol. The van der Waals surface area contributed by atoms with Gasteiger partial charge in [0.2, 0.25) is 0 Å². The number of rotatable bonds is 5. The van der Waals surface area contributed by atoms with Gasteiger partial charge in [-0.15, -0.1) is 0 Å². The highest BCUT2D eigenvalue weighted by atomic mass is 16.5. The van der Waals surface area contributed by atoms with E-state index in [9.17, 15) is 4.79 Å². The molecule has 2 nitrogen and oxygen atoms in total. The van der Waals surface area contributed by atoms with Crippen LogP contribution in [-0.4, -0.2) is 6.29 Å². The van der Waals surface area contributed by atoms with Gasteiger partial charge in [0.05, 0.1) is 0 Å². The summed E-state index contributed by atoms with van der Waals surface area (Å²) >= 11 is 0. The van der Waals surface area contributed by atoms with Crippen molar-refractivity contribution in [2.24, 2.45) is 0 Å². The standard InChI is InChI=1S/C23H28O2/c1-22(2)11-12-23(3,4)20-15-21(18(10-13-24)14-19(20)22)25-16-17-8-6-5-7-9-17/h5-9,13-15H,10-12,16H2,1-4H3. The van der Waals surface area contributed by atoms with Gasteiger partial charge in [-0.3, -0.25) is 0 Å². The third-order valence-corrected chi connectivity index (χ3v) is 5.57. The lowest BCUT2D eigenvalue weighted by atomic mass is 9.63. The van der Waals surface area contributed by atoms with Crippen LogP contribution in [0.2, 0.25) is 0 Å². The zero-order valence-corrected chi connectivity index (χ0v) is 15.8. The molecule has 1 aliphatic rings. The van der Waals surface area contributed by atoms with Crippen LogP contribution in [0, 0.1) is 0 Å². The number of carbonyl (C=O) groups is 1. The summed E-state index contributed by atoms with van der Waals surface area (Å²) in [6.07, 6.45) is 3.70. The molecule has 0 aliphatic heterocycles. The molecular weight excluding hydrogens is 308 g/mol. The topological polar surface area (TPSA) is 26.3 Å². The van der Waals surface area contributed by atoms with Gasteiger partial charge in [0.1, 0.15) is 18.6 Å². The van der Waals surface area contributed by atoms with Gasteiger partial charge in [-0.05, 0) is 46.4 Å². The van der Waals surface area contributed by atoms with Crippen molar-refractivity contribution in [3.05, 3.63) is 64.7 Å². The van der Waals surface area contributed by atoms with Crippen LogP contribution in [0.4, 0.5) is 0 Å². The molecule has 3 rings (SSSR count). The van der Waals surface area contributed by atoms with Crippen molar-refractivity contribution in [1.82, 2.24) is 0 Å². The minimum absolute atomic E-state index is 0.134. The van der Waals surface area contributed by atoms with E-state index < -0.39 is 0 Å². The number of hydrogen-bond acceptors (Lipinski definition) is 2. The van der Waals surface area contributed by atoms with Crippen LogP contribution in [0.15, 0.2) is 42.5 Å². The molecule has 0 saturated carbocycles. The fourth-order valence-electron chi connectivity index (χ4n) is 3.76. The molecule has 0 heterocycles. The largest absolute Gasteiger partial charge is 0.489 e. The number of fused-ring (bicyclic) bond motifs is 1. The molecular formula is C23H28O2. The van der Waals surface area contributed by atoms with E-state index in [1.807, 2.05) is 18.2 Å². The summed E-state index contributed by atoms with van der Waals surface area (Å²) in [5, 5.41) is 0. The minimum Gasteiger partial charge on any atom is -0.489 e. The number of benzene rings is 2. The number of aldehydes is 1. The lowest BCUT2D eigenvalue weighted by Gasteiger charge is -2.42. The summed E-state index contributed by atoms with van der Waals surface area (Å²) < 4.78 is 6.14. The molecule has 0 N–H and O–H groups in total. The quantitative estimate of drug-likeness (QED) is 0.687. The van der Waals surface area contributed by atoms with Crippen molar-refractivity contribution >= 4 is 6.29 Å². The van der Waals surface area contributed by atoms with Gasteiger partial charge in [0.15, 0.2) is 0 Å². The van der Waals surface area contributed by atoms with E-state index in [0.29, 0.717) is 13.0 Å². The van der Waals surface area contributed by atoms with Crippen LogP contribution in [0.5, 0.6) is 5.75 Å². The van der Waals surface area contributed by atoms with Gasteiger partial charge in [-0.1, -0.05) is 64.1 Å². The fourth-order valence-corrected chi connectivity index (χ4v) is 3.76. The fraction of sp³-hybridized carbons (Fsp3) is 0.435. The molecule has 2 aromatic rings. The smallest absolute Gasteiger partial charge is 0.124 e. The number of hydrogen-bond donors (Lipinski definition) is 0. The molecule has 25 heavy (non-hydrogen) atoms. The third kappa shape index (κ3) is 3.63. The average Bonchev–Trinajstić information content (AvgIpc) is 2.59. The summed E-state index contributed by atoms with van der Waals surface area (Å²) in [6, 6.07) is 14.6. The Bertz CT molecular complexity index is 757. The van der Waals surface area contributed by atoms with E-state index >= 15 is 0 Å². The maximum absolute atomic E-state index is 11.2. The first kappa shape index (κ1) is 17.7. The predicted molar refractivity (Wildman–Crippen MR) is 102 cm³/mol. The Morgan fingerprint density at radius 3 is 2.16 bits per heavy atom. The first-order valence-corrected chi connectivity index (χ1v) is 9.12. The van der Waals surface area contributed by atoms with Gasteiger partial charge < -0.3 is 9.53 Å². The van der Waals surface area contributed by atoms with Gasteiger partial charge in [-0.2, -0.15) is 0 Å². The SMILES string of the molecule is CC1(C)CCC(C)(C)c2cc(OCc3ccccc3)c(CC=O)cc21. The second kappa shape index (κ2) is 6.67. The van der Waals surface area contributed by atoms with E-state index in [4.69, 9.17) is 4.74 Å². The van der Waals surface area contributed by atoms with Crippen molar-refractivity contribution in [2.45, 2.75) is 64.4 Å². The van der Waals surface area contributed by atoms with Gasteiger partial charge in [0.25, 0.3) is 0 Å². The minimum atomic E-state index is 0.134. The lowest BCUT2D eigenvalue weighted by Crippen LogP contribution is -2.34. The van der Waals surface area contributed by atoms with Crippen molar-refractivity contribution in [1.29, 1.82) is 0 Å². The van der Waals surface area contributed by atoms with Crippen molar-refractivity contribution in [2.75, 3.05) is 0 Å². The molecule has 2 heteroatoms. The predicted octanol–water partition coefficient (Wildman–Crippen LogP) is 5.36. The zero-order valence-electron chi connectivity index (χ0n) is 15.8. The van der Waals surface area contributed by atoms with Crippen LogP contribution >= 0.6 is 0 Å². The normalized spacial score (nSPS) is 17.6. The molecule has 0 amide bonds. The lowest BCUT2D eigenvalue weighted by molar-refractivity contribution is -0.107. The molecule has 2 aromatic carbocycles. The van der Waals surface area contributed by atoms with Gasteiger partial charge >= 0.3 is 0 Å². The first-order chi connectivity index (χ1) is 11.8. The van der Waals surface area contributed by atoms with Crippen LogP contribution in [0.3, 0.4) is 0 Å². The highest BCUT2D eigenvalue weighted by Crippen LogP contribution is 2.47.